The molecular formula is C8H11N5O. The summed E-state index contributed by atoms with van der Waals surface area (Å²) in [6.07, 6.45) is 1.66. The van der Waals surface area contributed by atoms with Gasteiger partial charge in [0, 0.05) is 6.20 Å². The Bertz CT molecular complexity index is 346. The quantitative estimate of drug-likeness (QED) is 0.352. The van der Waals surface area contributed by atoms with Crippen LogP contribution in [0.4, 0.5) is 0 Å². The SMILES string of the molecule is C/C(=N/N=C(/N)NO)c1ccccn1. The van der Waals surface area contributed by atoms with Crippen LogP contribution in [0.3, 0.4) is 0 Å². The molecule has 0 radical (unpaired) electrons. The monoisotopic (exact) mass is 193 g/mol. The van der Waals surface area contributed by atoms with Gasteiger partial charge in [-0.05, 0) is 19.1 Å². The van der Waals surface area contributed by atoms with Gasteiger partial charge in [-0.25, -0.2) is 5.48 Å². The van der Waals surface area contributed by atoms with Gasteiger partial charge < -0.3 is 5.73 Å². The van der Waals surface area contributed by atoms with Gasteiger partial charge in [0.1, 0.15) is 0 Å². The van der Waals surface area contributed by atoms with E-state index in [2.05, 4.69) is 15.2 Å². The molecule has 0 atom stereocenters. The lowest BCUT2D eigenvalue weighted by Gasteiger charge is -1.96. The lowest BCUT2D eigenvalue weighted by molar-refractivity contribution is 0.232. The average Bonchev–Trinajstić information content (AvgIpc) is 2.26. The van der Waals surface area contributed by atoms with Crippen LogP contribution >= 0.6 is 0 Å². The van der Waals surface area contributed by atoms with E-state index in [9.17, 15) is 0 Å². The second-order valence-electron chi connectivity index (χ2n) is 2.50. The summed E-state index contributed by atoms with van der Waals surface area (Å²) in [4.78, 5) is 4.06. The maximum absolute atomic E-state index is 8.33. The third-order valence-corrected chi connectivity index (χ3v) is 1.46. The number of nitrogens with one attached hydrogen (secondary N) is 1. The Balaban J connectivity index is 2.81. The van der Waals surface area contributed by atoms with Crippen molar-refractivity contribution in [1.82, 2.24) is 10.5 Å². The number of aromatic nitrogens is 1. The maximum atomic E-state index is 8.33. The number of pyridine rings is 1. The standard InChI is InChI=1S/C8H11N5O/c1-6(11-12-8(9)13-14)7-4-2-3-5-10-7/h2-5,14H,1H3,(H3,9,12,13)/b11-6-. The normalized spacial score (nSPS) is 12.7. The fraction of sp³-hybridized carbons (Fsp3) is 0.125. The molecule has 0 saturated heterocycles. The van der Waals surface area contributed by atoms with Crippen molar-refractivity contribution < 1.29 is 5.21 Å². The molecule has 6 heteroatoms. The van der Waals surface area contributed by atoms with E-state index >= 15 is 0 Å². The highest BCUT2D eigenvalue weighted by molar-refractivity contribution is 5.97. The number of nitrogens with zero attached hydrogens (tertiary/aromatic N) is 3. The largest absolute Gasteiger partial charge is 0.367 e. The molecule has 0 aliphatic carbocycles. The first kappa shape index (κ1) is 10.1. The second-order valence-corrected chi connectivity index (χ2v) is 2.50. The number of guanidine groups is 1. The molecule has 0 spiro atoms. The molecule has 0 amide bonds. The molecule has 1 heterocycles. The summed E-state index contributed by atoms with van der Waals surface area (Å²) in [5, 5.41) is 15.6. The van der Waals surface area contributed by atoms with Crippen LogP contribution in [0.25, 0.3) is 0 Å². The van der Waals surface area contributed by atoms with Crippen molar-refractivity contribution in [3.8, 4) is 0 Å². The van der Waals surface area contributed by atoms with Crippen molar-refractivity contribution >= 4 is 11.7 Å². The van der Waals surface area contributed by atoms with Gasteiger partial charge in [-0.1, -0.05) is 6.07 Å². The highest BCUT2D eigenvalue weighted by Crippen LogP contribution is 1.96. The van der Waals surface area contributed by atoms with E-state index in [1.807, 2.05) is 12.1 Å². The molecule has 0 fully saturated rings. The van der Waals surface area contributed by atoms with Crippen LogP contribution < -0.4 is 11.2 Å². The first-order chi connectivity index (χ1) is 6.74. The molecule has 0 bridgehead atoms. The Morgan fingerprint density at radius 1 is 1.50 bits per heavy atom. The van der Waals surface area contributed by atoms with Gasteiger partial charge in [-0.2, -0.15) is 0 Å². The molecule has 4 N–H and O–H groups in total. The van der Waals surface area contributed by atoms with Gasteiger partial charge >= 0.3 is 0 Å². The Kier molecular flexibility index (Phi) is 3.57. The first-order valence-electron chi connectivity index (χ1n) is 3.93. The number of hydrogen-bond donors (Lipinski definition) is 3. The van der Waals surface area contributed by atoms with Crippen LogP contribution in [0.15, 0.2) is 34.6 Å². The van der Waals surface area contributed by atoms with E-state index in [-0.39, 0.29) is 5.96 Å². The fourth-order valence-electron chi connectivity index (χ4n) is 0.779. The van der Waals surface area contributed by atoms with E-state index in [1.165, 1.54) is 0 Å². The van der Waals surface area contributed by atoms with E-state index in [4.69, 9.17) is 10.9 Å². The molecule has 14 heavy (non-hydrogen) atoms. The van der Waals surface area contributed by atoms with Crippen LogP contribution in [0.2, 0.25) is 0 Å². The molecule has 0 unspecified atom stereocenters. The summed E-state index contributed by atoms with van der Waals surface area (Å²) >= 11 is 0. The number of hydrogen-bond acceptors (Lipinski definition) is 4. The van der Waals surface area contributed by atoms with Gasteiger partial charge in [-0.15, -0.1) is 10.2 Å². The summed E-state index contributed by atoms with van der Waals surface area (Å²) in [7, 11) is 0. The van der Waals surface area contributed by atoms with Crippen molar-refractivity contribution in [2.45, 2.75) is 6.92 Å². The molecule has 1 rings (SSSR count). The third kappa shape index (κ3) is 2.83. The van der Waals surface area contributed by atoms with Gasteiger partial charge in [0.25, 0.3) is 0 Å². The zero-order valence-electron chi connectivity index (χ0n) is 7.68. The minimum atomic E-state index is -0.166. The van der Waals surface area contributed by atoms with E-state index in [1.54, 1.807) is 24.7 Å². The molecule has 74 valence electrons. The maximum Gasteiger partial charge on any atom is 0.237 e. The molecular weight excluding hydrogens is 182 g/mol. The molecule has 0 saturated carbocycles. The zero-order valence-corrected chi connectivity index (χ0v) is 7.68. The van der Waals surface area contributed by atoms with Gasteiger partial charge in [-0.3, -0.25) is 10.2 Å². The van der Waals surface area contributed by atoms with Crippen molar-refractivity contribution in [1.29, 1.82) is 0 Å². The molecule has 1 aromatic heterocycles. The molecule has 1 aromatic rings. The van der Waals surface area contributed by atoms with E-state index < -0.39 is 0 Å². The second kappa shape index (κ2) is 4.93. The highest BCUT2D eigenvalue weighted by atomic mass is 16.5. The predicted molar refractivity (Wildman–Crippen MR) is 53.0 cm³/mol. The topological polar surface area (TPSA) is 95.9 Å². The number of hydroxylamine groups is 1. The minimum absolute atomic E-state index is 0.166. The zero-order chi connectivity index (χ0) is 10.4. The van der Waals surface area contributed by atoms with Crippen molar-refractivity contribution in [2.75, 3.05) is 0 Å². The van der Waals surface area contributed by atoms with Crippen molar-refractivity contribution in [3.05, 3.63) is 30.1 Å². The summed E-state index contributed by atoms with van der Waals surface area (Å²) in [5.41, 5.74) is 8.16. The van der Waals surface area contributed by atoms with E-state index in [0.29, 0.717) is 11.4 Å². The van der Waals surface area contributed by atoms with Gasteiger partial charge in [0.15, 0.2) is 0 Å². The van der Waals surface area contributed by atoms with Crippen molar-refractivity contribution in [2.24, 2.45) is 15.9 Å². The van der Waals surface area contributed by atoms with Crippen LogP contribution in [0, 0.1) is 0 Å². The van der Waals surface area contributed by atoms with Crippen molar-refractivity contribution in [3.63, 3.8) is 0 Å². The number of nitrogens with two attached hydrogens (primary N) is 1. The fourth-order valence-corrected chi connectivity index (χ4v) is 0.779. The predicted octanol–water partition coefficient (Wildman–Crippen LogP) is 0.0991. The summed E-state index contributed by atoms with van der Waals surface area (Å²) < 4.78 is 0. The summed E-state index contributed by atoms with van der Waals surface area (Å²) in [6, 6.07) is 5.46. The smallest absolute Gasteiger partial charge is 0.237 e. The van der Waals surface area contributed by atoms with Crippen LogP contribution in [-0.2, 0) is 0 Å². The van der Waals surface area contributed by atoms with Crippen LogP contribution in [0.5, 0.6) is 0 Å². The Hall–Kier alpha value is -1.95. The summed E-state index contributed by atoms with van der Waals surface area (Å²) in [5.74, 6) is -0.166. The lowest BCUT2D eigenvalue weighted by atomic mass is 10.3. The Morgan fingerprint density at radius 2 is 2.29 bits per heavy atom. The van der Waals surface area contributed by atoms with Gasteiger partial charge in [0.2, 0.25) is 5.96 Å². The average molecular weight is 193 g/mol. The molecule has 0 aromatic carbocycles. The Labute approximate surface area is 81.1 Å². The highest BCUT2D eigenvalue weighted by Gasteiger charge is 1.96. The van der Waals surface area contributed by atoms with Crippen LogP contribution in [0.1, 0.15) is 12.6 Å². The molecule has 6 nitrogen and oxygen atoms in total. The summed E-state index contributed by atoms with van der Waals surface area (Å²) in [6.45, 7) is 1.75. The van der Waals surface area contributed by atoms with E-state index in [0.717, 1.165) is 0 Å². The lowest BCUT2D eigenvalue weighted by Crippen LogP contribution is -2.27. The first-order valence-corrected chi connectivity index (χ1v) is 3.93. The molecule has 0 aliphatic heterocycles. The Morgan fingerprint density at radius 3 is 2.86 bits per heavy atom. The van der Waals surface area contributed by atoms with Gasteiger partial charge in [0.05, 0.1) is 11.4 Å². The number of rotatable bonds is 2. The minimum Gasteiger partial charge on any atom is -0.367 e. The molecule has 0 aliphatic rings. The third-order valence-electron chi connectivity index (χ3n) is 1.46. The van der Waals surface area contributed by atoms with Crippen LogP contribution in [-0.4, -0.2) is 21.9 Å².